The van der Waals surface area contributed by atoms with Crippen molar-refractivity contribution in [3.63, 3.8) is 0 Å². The van der Waals surface area contributed by atoms with E-state index in [1.807, 2.05) is 29.5 Å². The summed E-state index contributed by atoms with van der Waals surface area (Å²) in [4.78, 5) is 33.2. The molecule has 1 aromatic heterocycles. The number of piperidine rings is 1. The average Bonchev–Trinajstić information content (AvgIpc) is 3.30. The molecule has 0 unspecified atom stereocenters. The maximum Gasteiger partial charge on any atom is 0.282 e. The van der Waals surface area contributed by atoms with Crippen molar-refractivity contribution in [1.29, 1.82) is 0 Å². The molecule has 152 valence electrons. The van der Waals surface area contributed by atoms with Crippen LogP contribution < -0.4 is 4.90 Å². The van der Waals surface area contributed by atoms with Crippen LogP contribution >= 0.6 is 34.5 Å². The number of hydrogen-bond acceptors (Lipinski definition) is 5. The molecule has 2 amide bonds. The molecule has 0 atom stereocenters. The quantitative estimate of drug-likeness (QED) is 0.650. The maximum atomic E-state index is 13.5. The van der Waals surface area contributed by atoms with Gasteiger partial charge >= 0.3 is 0 Å². The summed E-state index contributed by atoms with van der Waals surface area (Å²) in [6.45, 7) is 1.92. The number of amides is 2. The van der Waals surface area contributed by atoms with Crippen LogP contribution in [0.15, 0.2) is 41.4 Å². The van der Waals surface area contributed by atoms with Gasteiger partial charge in [-0.2, -0.15) is 0 Å². The highest BCUT2D eigenvalue weighted by Gasteiger charge is 2.44. The molecule has 0 spiro atoms. The fourth-order valence-corrected chi connectivity index (χ4v) is 5.06. The number of hydrogen-bond donors (Lipinski definition) is 0. The van der Waals surface area contributed by atoms with Gasteiger partial charge in [-0.3, -0.25) is 9.59 Å². The van der Waals surface area contributed by atoms with Gasteiger partial charge in [0.1, 0.15) is 5.70 Å². The molecule has 2 aromatic rings. The van der Waals surface area contributed by atoms with Crippen LogP contribution in [0.25, 0.3) is 5.57 Å². The first-order valence-electron chi connectivity index (χ1n) is 9.42. The second kappa shape index (κ2) is 8.11. The van der Waals surface area contributed by atoms with E-state index >= 15 is 0 Å². The molecule has 1 saturated heterocycles. The Morgan fingerprint density at radius 1 is 1.10 bits per heavy atom. The lowest BCUT2D eigenvalue weighted by atomic mass is 10.0. The number of thiophene rings is 1. The standard InChI is InChI=1S/C21H21Cl2N3O2S/c1-24-9-7-14(8-10-24)25(2)19-18(17-4-3-11-29-17)20(27)26(21(19)28)16-12-13(22)5-6-15(16)23/h3-6,11-12,14H,7-10H2,1-2H3. The SMILES string of the molecule is CN1CCC(N(C)C2=C(c3cccs3)C(=O)N(c3cc(Cl)ccc3Cl)C2=O)CC1. The van der Waals surface area contributed by atoms with E-state index in [9.17, 15) is 9.59 Å². The Morgan fingerprint density at radius 3 is 2.48 bits per heavy atom. The van der Waals surface area contributed by atoms with Crippen molar-refractivity contribution < 1.29 is 9.59 Å². The van der Waals surface area contributed by atoms with E-state index in [4.69, 9.17) is 23.2 Å². The van der Waals surface area contributed by atoms with Gasteiger partial charge in [0, 0.05) is 23.0 Å². The molecule has 0 bridgehead atoms. The Hall–Kier alpha value is -1.86. The average molecular weight is 450 g/mol. The van der Waals surface area contributed by atoms with Crippen LogP contribution in [0.1, 0.15) is 17.7 Å². The number of likely N-dealkylation sites (tertiary alicyclic amines) is 1. The summed E-state index contributed by atoms with van der Waals surface area (Å²) >= 11 is 13.9. The van der Waals surface area contributed by atoms with Crippen molar-refractivity contribution in [2.24, 2.45) is 0 Å². The molecule has 0 aliphatic carbocycles. The molecule has 3 heterocycles. The summed E-state index contributed by atoms with van der Waals surface area (Å²) < 4.78 is 0. The predicted molar refractivity (Wildman–Crippen MR) is 118 cm³/mol. The molecule has 1 aromatic carbocycles. The maximum absolute atomic E-state index is 13.5. The molecule has 0 radical (unpaired) electrons. The van der Waals surface area contributed by atoms with Crippen LogP contribution in [-0.2, 0) is 9.59 Å². The Labute approximate surface area is 184 Å². The molecule has 29 heavy (non-hydrogen) atoms. The first-order chi connectivity index (χ1) is 13.9. The second-order valence-electron chi connectivity index (χ2n) is 7.39. The van der Waals surface area contributed by atoms with E-state index in [1.54, 1.807) is 18.2 Å². The van der Waals surface area contributed by atoms with Crippen LogP contribution in [0.4, 0.5) is 5.69 Å². The van der Waals surface area contributed by atoms with Crippen molar-refractivity contribution in [3.8, 4) is 0 Å². The number of nitrogens with zero attached hydrogens (tertiary/aromatic N) is 3. The fraction of sp³-hybridized carbons (Fsp3) is 0.333. The number of carbonyl (C=O) groups is 2. The van der Waals surface area contributed by atoms with Crippen LogP contribution in [-0.4, -0.2) is 54.8 Å². The lowest BCUT2D eigenvalue weighted by molar-refractivity contribution is -0.120. The summed E-state index contributed by atoms with van der Waals surface area (Å²) in [5.41, 5.74) is 1.18. The fourth-order valence-electron chi connectivity index (χ4n) is 3.93. The van der Waals surface area contributed by atoms with E-state index in [1.165, 1.54) is 11.3 Å². The Kier molecular flexibility index (Phi) is 5.71. The third-order valence-corrected chi connectivity index (χ3v) is 7.01. The van der Waals surface area contributed by atoms with Crippen LogP contribution in [0.3, 0.4) is 0 Å². The van der Waals surface area contributed by atoms with E-state index < -0.39 is 0 Å². The van der Waals surface area contributed by atoms with Gasteiger partial charge in [-0.05, 0) is 62.6 Å². The number of halogens is 2. The lowest BCUT2D eigenvalue weighted by Crippen LogP contribution is -2.43. The first kappa shape index (κ1) is 20.4. The highest BCUT2D eigenvalue weighted by molar-refractivity contribution is 7.11. The minimum absolute atomic E-state index is 0.197. The predicted octanol–water partition coefficient (Wildman–Crippen LogP) is 4.37. The van der Waals surface area contributed by atoms with Gasteiger partial charge in [0.2, 0.25) is 0 Å². The van der Waals surface area contributed by atoms with Crippen molar-refractivity contribution in [1.82, 2.24) is 9.80 Å². The van der Waals surface area contributed by atoms with Crippen molar-refractivity contribution in [2.75, 3.05) is 32.1 Å². The zero-order valence-electron chi connectivity index (χ0n) is 16.2. The number of carbonyl (C=O) groups excluding carboxylic acids is 2. The summed E-state index contributed by atoms with van der Waals surface area (Å²) in [5, 5.41) is 2.63. The third-order valence-electron chi connectivity index (χ3n) is 5.56. The molecule has 0 saturated carbocycles. The highest BCUT2D eigenvalue weighted by Crippen LogP contribution is 2.40. The van der Waals surface area contributed by atoms with Gasteiger partial charge in [-0.15, -0.1) is 11.3 Å². The summed E-state index contributed by atoms with van der Waals surface area (Å²) in [6.07, 6.45) is 1.88. The van der Waals surface area contributed by atoms with Gasteiger partial charge in [0.05, 0.1) is 16.3 Å². The van der Waals surface area contributed by atoms with E-state index in [-0.39, 0.29) is 17.9 Å². The van der Waals surface area contributed by atoms with Gasteiger partial charge in [-0.25, -0.2) is 4.90 Å². The number of benzene rings is 1. The van der Waals surface area contributed by atoms with Crippen molar-refractivity contribution in [3.05, 3.63) is 56.3 Å². The Morgan fingerprint density at radius 2 is 1.83 bits per heavy atom. The topological polar surface area (TPSA) is 43.9 Å². The molecule has 4 rings (SSSR count). The monoisotopic (exact) mass is 449 g/mol. The second-order valence-corrected chi connectivity index (χ2v) is 9.18. The zero-order valence-corrected chi connectivity index (χ0v) is 18.5. The van der Waals surface area contributed by atoms with Gasteiger partial charge in [0.25, 0.3) is 11.8 Å². The normalized spacial score (nSPS) is 18.8. The van der Waals surface area contributed by atoms with Crippen molar-refractivity contribution in [2.45, 2.75) is 18.9 Å². The van der Waals surface area contributed by atoms with Gasteiger partial charge in [0.15, 0.2) is 0 Å². The van der Waals surface area contributed by atoms with Gasteiger partial charge < -0.3 is 9.80 Å². The molecule has 1 fully saturated rings. The summed E-state index contributed by atoms with van der Waals surface area (Å²) in [7, 11) is 4.01. The molecular formula is C21H21Cl2N3O2S. The molecule has 8 heteroatoms. The van der Waals surface area contributed by atoms with Crippen LogP contribution in [0.5, 0.6) is 0 Å². The highest BCUT2D eigenvalue weighted by atomic mass is 35.5. The molecule has 2 aliphatic rings. The Balaban J connectivity index is 1.78. The third kappa shape index (κ3) is 3.70. The molecule has 2 aliphatic heterocycles. The minimum Gasteiger partial charge on any atom is -0.366 e. The number of likely N-dealkylation sites (N-methyl/N-ethyl adjacent to an activating group) is 1. The number of rotatable bonds is 4. The first-order valence-corrected chi connectivity index (χ1v) is 11.1. The van der Waals surface area contributed by atoms with Crippen molar-refractivity contribution >= 4 is 57.6 Å². The lowest BCUT2D eigenvalue weighted by Gasteiger charge is -2.36. The summed E-state index contributed by atoms with van der Waals surface area (Å²) in [6, 6.07) is 8.75. The minimum atomic E-state index is -0.364. The molecule has 0 N–H and O–H groups in total. The van der Waals surface area contributed by atoms with E-state index in [2.05, 4.69) is 11.9 Å². The zero-order chi connectivity index (χ0) is 20.7. The van der Waals surface area contributed by atoms with E-state index in [0.717, 1.165) is 35.7 Å². The number of anilines is 1. The summed E-state index contributed by atoms with van der Waals surface area (Å²) in [5.74, 6) is -0.722. The molecular weight excluding hydrogens is 429 g/mol. The van der Waals surface area contributed by atoms with E-state index in [0.29, 0.717) is 27.0 Å². The largest absolute Gasteiger partial charge is 0.366 e. The smallest absolute Gasteiger partial charge is 0.282 e. The van der Waals surface area contributed by atoms with Crippen LogP contribution in [0, 0.1) is 0 Å². The van der Waals surface area contributed by atoms with Gasteiger partial charge in [-0.1, -0.05) is 29.3 Å². The number of imide groups is 1. The molecule has 5 nitrogen and oxygen atoms in total. The van der Waals surface area contributed by atoms with Crippen LogP contribution in [0.2, 0.25) is 10.0 Å². The Bertz CT molecular complexity index is 982.